The van der Waals surface area contributed by atoms with Gasteiger partial charge < -0.3 is 19.7 Å². The lowest BCUT2D eigenvalue weighted by Crippen LogP contribution is -2.55. The van der Waals surface area contributed by atoms with Crippen molar-refractivity contribution in [3.8, 4) is 5.75 Å². The van der Waals surface area contributed by atoms with E-state index in [-0.39, 0.29) is 17.6 Å². The van der Waals surface area contributed by atoms with Crippen LogP contribution in [0.2, 0.25) is 0 Å². The largest absolute Gasteiger partial charge is 0.494 e. The van der Waals surface area contributed by atoms with E-state index >= 15 is 0 Å². The van der Waals surface area contributed by atoms with Crippen LogP contribution in [0.5, 0.6) is 5.75 Å². The van der Waals surface area contributed by atoms with Gasteiger partial charge in [0.2, 0.25) is 5.91 Å². The summed E-state index contributed by atoms with van der Waals surface area (Å²) in [6.45, 7) is 16.0. The number of hydrogen-bond acceptors (Lipinski definition) is 6. The number of ketones is 1. The highest BCUT2D eigenvalue weighted by atomic mass is 16.6. The number of nitrogens with zero attached hydrogens (tertiary/aromatic N) is 2. The van der Waals surface area contributed by atoms with Crippen molar-refractivity contribution >= 4 is 17.8 Å². The smallest absolute Gasteiger partial charge is 0.408 e. The SMILES string of the molecule is CCCCCC(=O)c1ccc(OCCCN2CCN(C(=O)[C@@H](CC(C)C)NC(=O)OC(C)(C)C)CC2)cc1. The molecular weight excluding hydrogens is 482 g/mol. The molecule has 8 nitrogen and oxygen atoms in total. The zero-order valence-corrected chi connectivity index (χ0v) is 24.4. The number of nitrogens with one attached hydrogen (secondary N) is 1. The van der Waals surface area contributed by atoms with E-state index in [0.717, 1.165) is 56.6 Å². The normalized spacial score (nSPS) is 15.3. The molecule has 38 heavy (non-hydrogen) atoms. The van der Waals surface area contributed by atoms with Crippen LogP contribution in [-0.2, 0) is 9.53 Å². The maximum atomic E-state index is 13.2. The van der Waals surface area contributed by atoms with E-state index in [9.17, 15) is 14.4 Å². The lowest BCUT2D eigenvalue weighted by atomic mass is 10.0. The number of unbranched alkanes of at least 4 members (excludes halogenated alkanes) is 2. The minimum absolute atomic E-state index is 0.0418. The molecule has 0 aliphatic carbocycles. The number of benzene rings is 1. The second-order valence-corrected chi connectivity index (χ2v) is 11.6. The van der Waals surface area contributed by atoms with Gasteiger partial charge in [-0.25, -0.2) is 4.79 Å². The Kier molecular flexibility index (Phi) is 13.1. The minimum atomic E-state index is -0.610. The Bertz CT molecular complexity index is 871. The van der Waals surface area contributed by atoms with Crippen LogP contribution in [0.15, 0.2) is 24.3 Å². The molecule has 1 aromatic carbocycles. The van der Waals surface area contributed by atoms with Crippen LogP contribution in [0.3, 0.4) is 0 Å². The lowest BCUT2D eigenvalue weighted by Gasteiger charge is -2.37. The second-order valence-electron chi connectivity index (χ2n) is 11.6. The third-order valence-corrected chi connectivity index (χ3v) is 6.45. The summed E-state index contributed by atoms with van der Waals surface area (Å²) in [5.74, 6) is 1.19. The molecule has 1 atom stereocenters. The third-order valence-electron chi connectivity index (χ3n) is 6.45. The first-order valence-corrected chi connectivity index (χ1v) is 14.2. The van der Waals surface area contributed by atoms with E-state index in [1.807, 2.05) is 63.8 Å². The van der Waals surface area contributed by atoms with Crippen molar-refractivity contribution in [2.45, 2.75) is 91.7 Å². The van der Waals surface area contributed by atoms with Gasteiger partial charge in [-0.2, -0.15) is 0 Å². The van der Waals surface area contributed by atoms with Crippen LogP contribution >= 0.6 is 0 Å². The van der Waals surface area contributed by atoms with Crippen LogP contribution in [0.4, 0.5) is 4.79 Å². The highest BCUT2D eigenvalue weighted by Crippen LogP contribution is 2.16. The van der Waals surface area contributed by atoms with Crippen LogP contribution < -0.4 is 10.1 Å². The molecule has 0 bridgehead atoms. The molecule has 1 N–H and O–H groups in total. The molecule has 2 amide bonds. The number of piperazine rings is 1. The van der Waals surface area contributed by atoms with Crippen molar-refractivity contribution in [2.24, 2.45) is 5.92 Å². The fourth-order valence-corrected chi connectivity index (χ4v) is 4.45. The van der Waals surface area contributed by atoms with Gasteiger partial charge >= 0.3 is 6.09 Å². The Morgan fingerprint density at radius 3 is 2.21 bits per heavy atom. The quantitative estimate of drug-likeness (QED) is 0.259. The predicted molar refractivity (Wildman–Crippen MR) is 151 cm³/mol. The summed E-state index contributed by atoms with van der Waals surface area (Å²) in [6, 6.07) is 6.86. The average Bonchev–Trinajstić information content (AvgIpc) is 2.85. The number of alkyl carbamates (subject to hydrolysis) is 1. The van der Waals surface area contributed by atoms with Crippen LogP contribution in [0, 0.1) is 5.92 Å². The third kappa shape index (κ3) is 11.8. The number of carbonyl (C=O) groups excluding carboxylic acids is 3. The molecular formula is C30H49N3O5. The Balaban J connectivity index is 1.72. The zero-order valence-electron chi connectivity index (χ0n) is 24.4. The predicted octanol–water partition coefficient (Wildman–Crippen LogP) is 5.30. The van der Waals surface area contributed by atoms with Crippen molar-refractivity contribution < 1.29 is 23.9 Å². The standard InChI is InChI=1S/C30H49N3O5/c1-7-8-9-11-27(34)24-12-14-25(15-13-24)37-21-10-16-32-17-19-33(20-18-32)28(35)26(22-23(2)3)31-29(36)38-30(4,5)6/h12-15,23,26H,7-11,16-22H2,1-6H3,(H,31,36)/t26-/m1/s1. The highest BCUT2D eigenvalue weighted by Gasteiger charge is 2.30. The molecule has 1 aromatic rings. The Morgan fingerprint density at radius 1 is 0.974 bits per heavy atom. The van der Waals surface area contributed by atoms with Gasteiger partial charge in [-0.15, -0.1) is 0 Å². The molecule has 1 aliphatic heterocycles. The van der Waals surface area contributed by atoms with Crippen molar-refractivity contribution in [2.75, 3.05) is 39.3 Å². The Labute approximate surface area is 229 Å². The van der Waals surface area contributed by atoms with Gasteiger partial charge in [0.25, 0.3) is 0 Å². The summed E-state index contributed by atoms with van der Waals surface area (Å²) in [5, 5.41) is 2.79. The summed E-state index contributed by atoms with van der Waals surface area (Å²) < 4.78 is 11.2. The molecule has 8 heteroatoms. The summed E-state index contributed by atoms with van der Waals surface area (Å²) in [7, 11) is 0. The molecule has 0 radical (unpaired) electrons. The molecule has 0 spiro atoms. The molecule has 1 saturated heterocycles. The van der Waals surface area contributed by atoms with E-state index in [0.29, 0.717) is 32.5 Å². The van der Waals surface area contributed by atoms with Gasteiger partial charge in [-0.3, -0.25) is 14.5 Å². The molecule has 0 aromatic heterocycles. The first kappa shape index (κ1) is 31.6. The van der Waals surface area contributed by atoms with Gasteiger partial charge in [0.05, 0.1) is 6.61 Å². The number of ether oxygens (including phenoxy) is 2. The van der Waals surface area contributed by atoms with Crippen LogP contribution in [-0.4, -0.2) is 78.6 Å². The highest BCUT2D eigenvalue weighted by molar-refractivity contribution is 5.96. The summed E-state index contributed by atoms with van der Waals surface area (Å²) in [6.07, 6.45) is 4.64. The molecule has 1 fully saturated rings. The zero-order chi connectivity index (χ0) is 28.1. The van der Waals surface area contributed by atoms with Gasteiger partial charge in [-0.1, -0.05) is 33.6 Å². The number of Topliss-reactive ketones (excluding diaryl/α,β-unsaturated/α-hetero) is 1. The average molecular weight is 532 g/mol. The van der Waals surface area contributed by atoms with Crippen LogP contribution in [0.25, 0.3) is 0 Å². The fourth-order valence-electron chi connectivity index (χ4n) is 4.45. The number of amides is 2. The molecule has 2 rings (SSSR count). The summed E-state index contributed by atoms with van der Waals surface area (Å²) in [5.41, 5.74) is 0.138. The van der Waals surface area contributed by atoms with Gasteiger partial charge in [0, 0.05) is 44.7 Å². The monoisotopic (exact) mass is 531 g/mol. The summed E-state index contributed by atoms with van der Waals surface area (Å²) >= 11 is 0. The van der Waals surface area contributed by atoms with Crippen molar-refractivity contribution in [1.29, 1.82) is 0 Å². The van der Waals surface area contributed by atoms with E-state index in [4.69, 9.17) is 9.47 Å². The molecule has 0 saturated carbocycles. The second kappa shape index (κ2) is 15.7. The van der Waals surface area contributed by atoms with Crippen LogP contribution in [0.1, 0.15) is 90.4 Å². The molecule has 214 valence electrons. The maximum Gasteiger partial charge on any atom is 0.408 e. The number of hydrogen-bond donors (Lipinski definition) is 1. The van der Waals surface area contributed by atoms with Gasteiger partial charge in [0.15, 0.2) is 5.78 Å². The first-order valence-electron chi connectivity index (χ1n) is 14.2. The number of rotatable bonds is 14. The minimum Gasteiger partial charge on any atom is -0.494 e. The molecule has 1 heterocycles. The van der Waals surface area contributed by atoms with E-state index < -0.39 is 17.7 Å². The van der Waals surface area contributed by atoms with E-state index in [1.165, 1.54) is 0 Å². The van der Waals surface area contributed by atoms with Crippen molar-refractivity contribution in [3.63, 3.8) is 0 Å². The van der Waals surface area contributed by atoms with E-state index in [2.05, 4.69) is 17.1 Å². The molecule has 0 unspecified atom stereocenters. The Morgan fingerprint density at radius 2 is 1.63 bits per heavy atom. The fraction of sp³-hybridized carbons (Fsp3) is 0.700. The molecule has 1 aliphatic rings. The van der Waals surface area contributed by atoms with E-state index in [1.54, 1.807) is 0 Å². The van der Waals surface area contributed by atoms with Gasteiger partial charge in [0.1, 0.15) is 17.4 Å². The lowest BCUT2D eigenvalue weighted by molar-refractivity contribution is -0.135. The van der Waals surface area contributed by atoms with Crippen molar-refractivity contribution in [3.05, 3.63) is 29.8 Å². The topological polar surface area (TPSA) is 88.2 Å². The maximum absolute atomic E-state index is 13.2. The van der Waals surface area contributed by atoms with Gasteiger partial charge in [-0.05, 0) is 70.2 Å². The van der Waals surface area contributed by atoms with Crippen molar-refractivity contribution in [1.82, 2.24) is 15.1 Å². The Hall–Kier alpha value is -2.61. The first-order chi connectivity index (χ1) is 18.0. The summed E-state index contributed by atoms with van der Waals surface area (Å²) in [4.78, 5) is 41.9. The number of carbonyl (C=O) groups is 3.